The molecule has 0 radical (unpaired) electrons. The number of nitrogens with one attached hydrogen (secondary N) is 1. The molecule has 2 rings (SSSR count). The van der Waals surface area contributed by atoms with Crippen LogP contribution in [-0.4, -0.2) is 28.1 Å². The van der Waals surface area contributed by atoms with Crippen molar-refractivity contribution in [2.24, 2.45) is 0 Å². The number of anilines is 1. The fourth-order valence-corrected chi connectivity index (χ4v) is 3.13. The Hall–Kier alpha value is -1.47. The highest BCUT2D eigenvalue weighted by atomic mass is 32.2. The molecule has 124 valence electrons. The second-order valence-corrected chi connectivity index (χ2v) is 6.68. The molecule has 2 aromatic rings. The molecule has 5 nitrogen and oxygen atoms in total. The van der Waals surface area contributed by atoms with Gasteiger partial charge in [-0.3, -0.25) is 4.79 Å². The van der Waals surface area contributed by atoms with E-state index in [0.29, 0.717) is 16.9 Å². The van der Waals surface area contributed by atoms with Crippen LogP contribution in [0.3, 0.4) is 0 Å². The molecule has 0 aliphatic carbocycles. The smallest absolute Gasteiger partial charge is 0.277 e. The molecule has 1 aromatic carbocycles. The first kappa shape index (κ1) is 17.9. The summed E-state index contributed by atoms with van der Waals surface area (Å²) in [5, 5.41) is 11.3. The fourth-order valence-electron chi connectivity index (χ4n) is 2.18. The number of hydrogen-bond acceptors (Lipinski definition) is 6. The summed E-state index contributed by atoms with van der Waals surface area (Å²) in [7, 11) is 0. The van der Waals surface area contributed by atoms with Crippen molar-refractivity contribution >= 4 is 35.1 Å². The van der Waals surface area contributed by atoms with E-state index in [9.17, 15) is 4.79 Å². The lowest BCUT2D eigenvalue weighted by molar-refractivity contribution is -0.113. The van der Waals surface area contributed by atoms with Gasteiger partial charge in [-0.25, -0.2) is 0 Å². The van der Waals surface area contributed by atoms with Gasteiger partial charge < -0.3 is 9.73 Å². The molecule has 1 N–H and O–H groups in total. The average Bonchev–Trinajstić information content (AvgIpc) is 3.01. The third-order valence-electron chi connectivity index (χ3n) is 3.31. The van der Waals surface area contributed by atoms with Gasteiger partial charge in [-0.1, -0.05) is 43.8 Å². The van der Waals surface area contributed by atoms with Gasteiger partial charge in [0.15, 0.2) is 0 Å². The average molecular weight is 351 g/mol. The number of aromatic nitrogens is 2. The SMILES string of the molecule is CCc1cccc(CC)c1NC(=O)CSc1nnc(CSC)o1. The van der Waals surface area contributed by atoms with E-state index in [0.717, 1.165) is 29.7 Å². The van der Waals surface area contributed by atoms with Crippen molar-refractivity contribution in [2.75, 3.05) is 17.3 Å². The lowest BCUT2D eigenvalue weighted by Gasteiger charge is -2.13. The van der Waals surface area contributed by atoms with Crippen LogP contribution in [0.25, 0.3) is 0 Å². The maximum Gasteiger partial charge on any atom is 0.277 e. The van der Waals surface area contributed by atoms with Crippen molar-refractivity contribution in [3.8, 4) is 0 Å². The standard InChI is InChI=1S/C16H21N3O2S2/c1-4-11-7-6-8-12(5-2)15(11)17-13(20)9-23-16-19-18-14(21-16)10-22-3/h6-8H,4-5,9-10H2,1-3H3,(H,17,20). The van der Waals surface area contributed by atoms with Crippen LogP contribution in [0.15, 0.2) is 27.8 Å². The molecule has 0 fully saturated rings. The number of hydrogen-bond donors (Lipinski definition) is 1. The van der Waals surface area contributed by atoms with Crippen molar-refractivity contribution in [2.45, 2.75) is 37.7 Å². The third-order valence-corrected chi connectivity index (χ3v) is 4.66. The predicted octanol–water partition coefficient (Wildman–Crippen LogP) is 3.79. The first-order valence-electron chi connectivity index (χ1n) is 7.52. The molecular formula is C16H21N3O2S2. The molecule has 1 amide bonds. The topological polar surface area (TPSA) is 68.0 Å². The second-order valence-electron chi connectivity index (χ2n) is 4.89. The maximum atomic E-state index is 12.2. The normalized spacial score (nSPS) is 10.7. The zero-order chi connectivity index (χ0) is 16.7. The molecule has 1 aromatic heterocycles. The molecule has 0 saturated heterocycles. The van der Waals surface area contributed by atoms with Crippen molar-refractivity contribution in [3.05, 3.63) is 35.2 Å². The molecule has 0 spiro atoms. The number of amides is 1. The number of benzene rings is 1. The van der Waals surface area contributed by atoms with E-state index in [4.69, 9.17) is 4.42 Å². The molecule has 0 atom stereocenters. The molecule has 0 aliphatic rings. The van der Waals surface area contributed by atoms with Crippen molar-refractivity contribution in [1.29, 1.82) is 0 Å². The van der Waals surface area contributed by atoms with E-state index in [1.54, 1.807) is 11.8 Å². The highest BCUT2D eigenvalue weighted by Crippen LogP contribution is 2.24. The fraction of sp³-hybridized carbons (Fsp3) is 0.438. The van der Waals surface area contributed by atoms with Crippen molar-refractivity contribution in [1.82, 2.24) is 10.2 Å². The van der Waals surface area contributed by atoms with Gasteiger partial charge in [0.25, 0.3) is 5.22 Å². The van der Waals surface area contributed by atoms with E-state index in [2.05, 4.69) is 41.5 Å². The van der Waals surface area contributed by atoms with Gasteiger partial charge in [-0.05, 0) is 30.2 Å². The van der Waals surface area contributed by atoms with E-state index < -0.39 is 0 Å². The van der Waals surface area contributed by atoms with Crippen LogP contribution in [0.1, 0.15) is 30.9 Å². The van der Waals surface area contributed by atoms with Crippen LogP contribution >= 0.6 is 23.5 Å². The van der Waals surface area contributed by atoms with Gasteiger partial charge in [0.05, 0.1) is 11.5 Å². The Morgan fingerprint density at radius 1 is 1.22 bits per heavy atom. The zero-order valence-corrected chi connectivity index (χ0v) is 15.2. The van der Waals surface area contributed by atoms with Gasteiger partial charge in [-0.15, -0.1) is 10.2 Å². The summed E-state index contributed by atoms with van der Waals surface area (Å²) >= 11 is 2.88. The molecule has 1 heterocycles. The molecule has 0 bridgehead atoms. The Morgan fingerprint density at radius 3 is 2.52 bits per heavy atom. The minimum absolute atomic E-state index is 0.0600. The van der Waals surface area contributed by atoms with Gasteiger partial charge in [0.2, 0.25) is 11.8 Å². The first-order valence-corrected chi connectivity index (χ1v) is 9.90. The highest BCUT2D eigenvalue weighted by molar-refractivity contribution is 7.99. The van der Waals surface area contributed by atoms with Crippen LogP contribution < -0.4 is 5.32 Å². The largest absolute Gasteiger partial charge is 0.415 e. The van der Waals surface area contributed by atoms with E-state index in [1.165, 1.54) is 11.8 Å². The van der Waals surface area contributed by atoms with Crippen LogP contribution in [0, 0.1) is 0 Å². The summed E-state index contributed by atoms with van der Waals surface area (Å²) in [5.74, 6) is 1.46. The Bertz CT molecular complexity index is 636. The van der Waals surface area contributed by atoms with E-state index in [-0.39, 0.29) is 11.7 Å². The summed E-state index contributed by atoms with van der Waals surface area (Å²) in [6.07, 6.45) is 3.75. The van der Waals surface area contributed by atoms with Crippen LogP contribution in [-0.2, 0) is 23.4 Å². The number of carbonyl (C=O) groups is 1. The summed E-state index contributed by atoms with van der Waals surface area (Å²) < 4.78 is 5.45. The zero-order valence-electron chi connectivity index (χ0n) is 13.6. The van der Waals surface area contributed by atoms with Crippen LogP contribution in [0.4, 0.5) is 5.69 Å². The van der Waals surface area contributed by atoms with Gasteiger partial charge >= 0.3 is 0 Å². The predicted molar refractivity (Wildman–Crippen MR) is 96.1 cm³/mol. The highest BCUT2D eigenvalue weighted by Gasteiger charge is 2.12. The Balaban J connectivity index is 1.96. The minimum Gasteiger partial charge on any atom is -0.415 e. The molecule has 0 unspecified atom stereocenters. The number of carbonyl (C=O) groups excluding carboxylic acids is 1. The van der Waals surface area contributed by atoms with Crippen molar-refractivity contribution in [3.63, 3.8) is 0 Å². The maximum absolute atomic E-state index is 12.2. The third kappa shape index (κ3) is 5.00. The molecule has 0 saturated carbocycles. The Kier molecular flexibility index (Phi) is 6.98. The van der Waals surface area contributed by atoms with Crippen molar-refractivity contribution < 1.29 is 9.21 Å². The van der Waals surface area contributed by atoms with E-state index >= 15 is 0 Å². The number of para-hydroxylation sites is 1. The van der Waals surface area contributed by atoms with Crippen LogP contribution in [0.2, 0.25) is 0 Å². The van der Waals surface area contributed by atoms with E-state index in [1.807, 2.05) is 12.3 Å². The first-order chi connectivity index (χ1) is 11.2. The summed E-state index contributed by atoms with van der Waals surface area (Å²) in [6, 6.07) is 6.14. The van der Waals surface area contributed by atoms with Gasteiger partial charge in [0, 0.05) is 5.69 Å². The summed E-state index contributed by atoms with van der Waals surface area (Å²) in [5.41, 5.74) is 3.25. The quantitative estimate of drug-likeness (QED) is 0.730. The lowest BCUT2D eigenvalue weighted by atomic mass is 10.0. The number of nitrogens with zero attached hydrogens (tertiary/aromatic N) is 2. The number of rotatable bonds is 8. The molecule has 0 aliphatic heterocycles. The van der Waals surface area contributed by atoms with Crippen LogP contribution in [0.5, 0.6) is 0 Å². The molecular weight excluding hydrogens is 330 g/mol. The van der Waals surface area contributed by atoms with Gasteiger partial charge in [0.1, 0.15) is 0 Å². The summed E-state index contributed by atoms with van der Waals surface area (Å²) in [4.78, 5) is 12.2. The summed E-state index contributed by atoms with van der Waals surface area (Å²) in [6.45, 7) is 4.18. The number of thioether (sulfide) groups is 2. The second kappa shape index (κ2) is 8.98. The Labute approximate surface area is 145 Å². The number of aryl methyl sites for hydroxylation is 2. The molecule has 7 heteroatoms. The van der Waals surface area contributed by atoms with Gasteiger partial charge in [-0.2, -0.15) is 11.8 Å². The minimum atomic E-state index is -0.0600. The lowest BCUT2D eigenvalue weighted by Crippen LogP contribution is -2.16. The molecule has 23 heavy (non-hydrogen) atoms. The Morgan fingerprint density at radius 2 is 1.91 bits per heavy atom. The monoisotopic (exact) mass is 351 g/mol.